The number of rotatable bonds is 5. The van der Waals surface area contributed by atoms with Gasteiger partial charge in [-0.2, -0.15) is 0 Å². The van der Waals surface area contributed by atoms with E-state index in [9.17, 15) is 18.8 Å². The first-order valence-corrected chi connectivity index (χ1v) is 6.45. The molecular weight excluding hydrogens is 351 g/mol. The van der Waals surface area contributed by atoms with Gasteiger partial charge in [-0.05, 0) is 18.2 Å². The molecule has 0 spiro atoms. The molecule has 0 fully saturated rings. The van der Waals surface area contributed by atoms with Gasteiger partial charge in [-0.25, -0.2) is 14.0 Å². The van der Waals surface area contributed by atoms with Gasteiger partial charge < -0.3 is 20.5 Å². The van der Waals surface area contributed by atoms with Crippen molar-refractivity contribution in [3.8, 4) is 0 Å². The summed E-state index contributed by atoms with van der Waals surface area (Å²) in [7, 11) is 1.10. The number of carbonyl (C=O) groups excluding carboxylic acids is 2. The fraction of sp³-hybridized carbons (Fsp3) is 0.250. The Kier molecular flexibility index (Phi) is 6.10. The van der Waals surface area contributed by atoms with Crippen LogP contribution in [0.3, 0.4) is 0 Å². The zero-order valence-corrected chi connectivity index (χ0v) is 12.4. The summed E-state index contributed by atoms with van der Waals surface area (Å²) in [5.41, 5.74) is -0.127. The zero-order valence-electron chi connectivity index (χ0n) is 10.9. The van der Waals surface area contributed by atoms with Gasteiger partial charge in [0.2, 0.25) is 0 Å². The van der Waals surface area contributed by atoms with Gasteiger partial charge in [0, 0.05) is 4.47 Å². The van der Waals surface area contributed by atoms with Crippen LogP contribution in [0.4, 0.5) is 14.9 Å². The molecule has 7 nitrogen and oxygen atoms in total. The number of nitrogens with one attached hydrogen (secondary N) is 2. The van der Waals surface area contributed by atoms with Crippen molar-refractivity contribution in [1.29, 1.82) is 0 Å². The first kappa shape index (κ1) is 16.9. The van der Waals surface area contributed by atoms with Gasteiger partial charge in [0.25, 0.3) is 0 Å². The molecule has 3 N–H and O–H groups in total. The number of urea groups is 1. The first-order valence-electron chi connectivity index (χ1n) is 5.65. The summed E-state index contributed by atoms with van der Waals surface area (Å²) in [5.74, 6) is -2.90. The molecule has 0 saturated heterocycles. The Hall–Kier alpha value is -2.16. The molecule has 1 aromatic carbocycles. The van der Waals surface area contributed by atoms with Gasteiger partial charge in [-0.3, -0.25) is 4.79 Å². The third kappa shape index (κ3) is 5.38. The van der Waals surface area contributed by atoms with Crippen LogP contribution in [0.15, 0.2) is 22.7 Å². The van der Waals surface area contributed by atoms with Crippen LogP contribution in [0.5, 0.6) is 0 Å². The smallest absolute Gasteiger partial charge is 0.326 e. The zero-order chi connectivity index (χ0) is 16.0. The lowest BCUT2D eigenvalue weighted by atomic mass is 10.2. The van der Waals surface area contributed by atoms with Crippen LogP contribution in [0.25, 0.3) is 0 Å². The van der Waals surface area contributed by atoms with E-state index in [2.05, 4.69) is 26.0 Å². The molecule has 1 rings (SSSR count). The maximum atomic E-state index is 13.5. The Bertz CT molecular complexity index is 567. The Labute approximate surface area is 127 Å². The molecule has 9 heteroatoms. The second-order valence-electron chi connectivity index (χ2n) is 3.89. The fourth-order valence-electron chi connectivity index (χ4n) is 1.36. The van der Waals surface area contributed by atoms with E-state index in [1.165, 1.54) is 12.1 Å². The number of anilines is 1. The highest BCUT2D eigenvalue weighted by molar-refractivity contribution is 9.10. The summed E-state index contributed by atoms with van der Waals surface area (Å²) in [6, 6.07) is 1.51. The van der Waals surface area contributed by atoms with E-state index in [0.717, 1.165) is 13.2 Å². The van der Waals surface area contributed by atoms with Crippen molar-refractivity contribution in [2.45, 2.75) is 12.5 Å². The monoisotopic (exact) mass is 362 g/mol. The molecule has 0 aliphatic heterocycles. The Morgan fingerprint density at radius 1 is 1.43 bits per heavy atom. The highest BCUT2D eigenvalue weighted by atomic mass is 79.9. The predicted molar refractivity (Wildman–Crippen MR) is 74.3 cm³/mol. The molecule has 21 heavy (non-hydrogen) atoms. The molecule has 0 aliphatic carbocycles. The van der Waals surface area contributed by atoms with Gasteiger partial charge in [0.15, 0.2) is 0 Å². The Balaban J connectivity index is 2.69. The largest absolute Gasteiger partial charge is 0.480 e. The number of hydrogen-bond donors (Lipinski definition) is 3. The lowest BCUT2D eigenvalue weighted by molar-refractivity contribution is -0.147. The van der Waals surface area contributed by atoms with E-state index < -0.39 is 36.2 Å². The van der Waals surface area contributed by atoms with Crippen LogP contribution < -0.4 is 10.6 Å². The van der Waals surface area contributed by atoms with E-state index in [0.29, 0.717) is 4.47 Å². The number of carbonyl (C=O) groups is 3. The van der Waals surface area contributed by atoms with Crippen LogP contribution in [0, 0.1) is 5.82 Å². The minimum atomic E-state index is -1.48. The molecule has 0 heterocycles. The minimum Gasteiger partial charge on any atom is -0.480 e. The molecule has 2 amide bonds. The molecule has 0 aliphatic rings. The number of methoxy groups -OCH3 is 1. The highest BCUT2D eigenvalue weighted by Crippen LogP contribution is 2.19. The molecule has 1 atom stereocenters. The van der Waals surface area contributed by atoms with Crippen LogP contribution >= 0.6 is 15.9 Å². The van der Waals surface area contributed by atoms with Gasteiger partial charge in [-0.15, -0.1) is 0 Å². The lowest BCUT2D eigenvalue weighted by Gasteiger charge is -2.14. The second kappa shape index (κ2) is 7.58. The van der Waals surface area contributed by atoms with Crippen LogP contribution in [0.2, 0.25) is 0 Å². The summed E-state index contributed by atoms with van der Waals surface area (Å²) in [6.45, 7) is 0. The maximum absolute atomic E-state index is 13.5. The van der Waals surface area contributed by atoms with E-state index in [1.54, 1.807) is 0 Å². The Morgan fingerprint density at radius 2 is 2.10 bits per heavy atom. The van der Waals surface area contributed by atoms with Gasteiger partial charge in [0.1, 0.15) is 11.9 Å². The third-order valence-corrected chi connectivity index (χ3v) is 2.87. The van der Waals surface area contributed by atoms with E-state index >= 15 is 0 Å². The van der Waals surface area contributed by atoms with Crippen LogP contribution in [0.1, 0.15) is 6.42 Å². The van der Waals surface area contributed by atoms with E-state index in [4.69, 9.17) is 5.11 Å². The number of ether oxygens (including phenoxy) is 1. The number of benzene rings is 1. The molecule has 0 bridgehead atoms. The first-order chi connectivity index (χ1) is 9.83. The summed E-state index contributed by atoms with van der Waals surface area (Å²) >= 11 is 3.06. The van der Waals surface area contributed by atoms with Gasteiger partial charge >= 0.3 is 18.0 Å². The van der Waals surface area contributed by atoms with E-state index in [-0.39, 0.29) is 5.69 Å². The third-order valence-electron chi connectivity index (χ3n) is 2.38. The molecule has 0 saturated carbocycles. The maximum Gasteiger partial charge on any atom is 0.326 e. The molecular formula is C12H12BrFN2O5. The summed E-state index contributed by atoms with van der Waals surface area (Å²) in [6.07, 6.45) is -0.540. The van der Waals surface area contributed by atoms with Gasteiger partial charge in [-0.1, -0.05) is 15.9 Å². The average molecular weight is 363 g/mol. The summed E-state index contributed by atoms with van der Waals surface area (Å²) in [5, 5.41) is 13.1. The van der Waals surface area contributed by atoms with Crippen molar-refractivity contribution in [3.63, 3.8) is 0 Å². The van der Waals surface area contributed by atoms with Crippen molar-refractivity contribution in [1.82, 2.24) is 5.32 Å². The van der Waals surface area contributed by atoms with Gasteiger partial charge in [0.05, 0.1) is 19.2 Å². The standard InChI is InChI=1S/C12H12BrFN2O5/c1-21-10(17)5-9(11(18)19)16-12(20)15-8-3-2-6(13)4-7(8)14/h2-4,9H,5H2,1H3,(H,18,19)(H2,15,16,20)/t9-/m0/s1. The SMILES string of the molecule is COC(=O)C[C@H](NC(=O)Nc1ccc(Br)cc1F)C(=O)O. The van der Waals surface area contributed by atoms with Crippen molar-refractivity contribution >= 4 is 39.6 Å². The van der Waals surface area contributed by atoms with Crippen LogP contribution in [-0.2, 0) is 14.3 Å². The number of esters is 1. The normalized spacial score (nSPS) is 11.4. The van der Waals surface area contributed by atoms with Crippen molar-refractivity contribution < 1.29 is 28.6 Å². The molecule has 0 unspecified atom stereocenters. The number of carboxylic acids is 1. The van der Waals surface area contributed by atoms with E-state index in [1.807, 2.05) is 5.32 Å². The topological polar surface area (TPSA) is 105 Å². The number of halogens is 2. The summed E-state index contributed by atoms with van der Waals surface area (Å²) < 4.78 is 18.3. The predicted octanol–water partition coefficient (Wildman–Crippen LogP) is 1.73. The molecule has 0 aromatic heterocycles. The highest BCUT2D eigenvalue weighted by Gasteiger charge is 2.24. The van der Waals surface area contributed by atoms with Crippen LogP contribution in [-0.4, -0.2) is 36.2 Å². The van der Waals surface area contributed by atoms with Crippen molar-refractivity contribution in [2.24, 2.45) is 0 Å². The summed E-state index contributed by atoms with van der Waals surface area (Å²) in [4.78, 5) is 33.6. The minimum absolute atomic E-state index is 0.127. The Morgan fingerprint density at radius 3 is 2.62 bits per heavy atom. The second-order valence-corrected chi connectivity index (χ2v) is 4.81. The number of hydrogen-bond acceptors (Lipinski definition) is 4. The molecule has 1 aromatic rings. The molecule has 0 radical (unpaired) electrons. The number of carboxylic acid groups (broad SMARTS) is 1. The lowest BCUT2D eigenvalue weighted by Crippen LogP contribution is -2.44. The van der Waals surface area contributed by atoms with Crippen molar-refractivity contribution in [2.75, 3.05) is 12.4 Å². The average Bonchev–Trinajstić information content (AvgIpc) is 2.40. The number of amides is 2. The fourth-order valence-corrected chi connectivity index (χ4v) is 1.69. The number of aliphatic carboxylic acids is 1. The molecule has 114 valence electrons. The van der Waals surface area contributed by atoms with Crippen molar-refractivity contribution in [3.05, 3.63) is 28.5 Å². The quantitative estimate of drug-likeness (QED) is 0.691.